The zero-order valence-corrected chi connectivity index (χ0v) is 9.39. The Morgan fingerprint density at radius 1 is 0.923 bits per heavy atom. The summed E-state index contributed by atoms with van der Waals surface area (Å²) in [4.78, 5) is 0. The molecule has 13 heavy (non-hydrogen) atoms. The maximum Gasteiger partial charge on any atom is 0.284 e. The van der Waals surface area contributed by atoms with E-state index in [4.69, 9.17) is 25.8 Å². The summed E-state index contributed by atoms with van der Waals surface area (Å²) in [7, 11) is 0. The first kappa shape index (κ1) is 13.2. The minimum absolute atomic E-state index is 0.458. The minimum Gasteiger partial charge on any atom is -0.328 e. The molecule has 0 aliphatic rings. The highest BCUT2D eigenvalue weighted by molar-refractivity contribution is 6.17. The Kier molecular flexibility index (Phi) is 7.66. The van der Waals surface area contributed by atoms with Crippen LogP contribution in [0.2, 0.25) is 0 Å². The summed E-state index contributed by atoms with van der Waals surface area (Å²) < 4.78 is 16.3. The van der Waals surface area contributed by atoms with Gasteiger partial charge >= 0.3 is 0 Å². The van der Waals surface area contributed by atoms with E-state index in [2.05, 4.69) is 0 Å². The second kappa shape index (κ2) is 7.56. The first-order valence-corrected chi connectivity index (χ1v) is 5.26. The SMILES string of the molecule is CCOC(CCCl)(OCC)OCC. The Hall–Kier alpha value is 0.170. The van der Waals surface area contributed by atoms with E-state index in [1.807, 2.05) is 20.8 Å². The smallest absolute Gasteiger partial charge is 0.284 e. The highest BCUT2D eigenvalue weighted by Gasteiger charge is 2.31. The zero-order chi connectivity index (χ0) is 10.2. The number of hydrogen-bond donors (Lipinski definition) is 0. The maximum atomic E-state index is 5.65. The van der Waals surface area contributed by atoms with Crippen LogP contribution in [-0.4, -0.2) is 31.7 Å². The molecule has 0 aliphatic heterocycles. The summed E-state index contributed by atoms with van der Waals surface area (Å²) in [6.45, 7) is 7.37. The molecule has 80 valence electrons. The Bertz CT molecular complexity index is 89.9. The van der Waals surface area contributed by atoms with Crippen LogP contribution in [0.5, 0.6) is 0 Å². The van der Waals surface area contributed by atoms with Crippen molar-refractivity contribution in [2.24, 2.45) is 0 Å². The summed E-state index contributed by atoms with van der Waals surface area (Å²) >= 11 is 5.65. The average Bonchev–Trinajstić information content (AvgIpc) is 2.06. The lowest BCUT2D eigenvalue weighted by atomic mass is 10.4. The monoisotopic (exact) mass is 210 g/mol. The van der Waals surface area contributed by atoms with Gasteiger partial charge in [-0.1, -0.05) is 0 Å². The van der Waals surface area contributed by atoms with Crippen molar-refractivity contribution < 1.29 is 14.2 Å². The molecule has 0 unspecified atom stereocenters. The molecule has 4 heteroatoms. The van der Waals surface area contributed by atoms with Crippen LogP contribution in [0.15, 0.2) is 0 Å². The van der Waals surface area contributed by atoms with E-state index in [0.29, 0.717) is 32.1 Å². The average molecular weight is 211 g/mol. The standard InChI is InChI=1S/C9H19ClO3/c1-4-11-9(7-8-10,12-5-2)13-6-3/h4-8H2,1-3H3. The molecule has 0 rings (SSSR count). The van der Waals surface area contributed by atoms with E-state index in [9.17, 15) is 0 Å². The molecule has 0 atom stereocenters. The van der Waals surface area contributed by atoms with E-state index in [-0.39, 0.29) is 0 Å². The highest BCUT2D eigenvalue weighted by Crippen LogP contribution is 2.20. The van der Waals surface area contributed by atoms with Gasteiger partial charge in [-0.3, -0.25) is 0 Å². The van der Waals surface area contributed by atoms with Crippen LogP contribution in [0.1, 0.15) is 27.2 Å². The summed E-state index contributed by atoms with van der Waals surface area (Å²) in [5, 5.41) is 0. The lowest BCUT2D eigenvalue weighted by Crippen LogP contribution is -2.40. The van der Waals surface area contributed by atoms with Crippen molar-refractivity contribution in [2.45, 2.75) is 33.2 Å². The zero-order valence-electron chi connectivity index (χ0n) is 8.64. The number of halogens is 1. The first-order chi connectivity index (χ1) is 6.24. The third kappa shape index (κ3) is 4.81. The van der Waals surface area contributed by atoms with Crippen LogP contribution in [0.4, 0.5) is 0 Å². The Balaban J connectivity index is 4.19. The van der Waals surface area contributed by atoms with Gasteiger partial charge in [-0.05, 0) is 20.8 Å². The maximum absolute atomic E-state index is 5.65. The predicted octanol–water partition coefficient (Wildman–Crippen LogP) is 2.38. The number of hydrogen-bond acceptors (Lipinski definition) is 3. The van der Waals surface area contributed by atoms with Crippen molar-refractivity contribution in [2.75, 3.05) is 25.7 Å². The van der Waals surface area contributed by atoms with E-state index >= 15 is 0 Å². The summed E-state index contributed by atoms with van der Waals surface area (Å²) in [5.41, 5.74) is 0. The van der Waals surface area contributed by atoms with Crippen molar-refractivity contribution in [3.63, 3.8) is 0 Å². The van der Waals surface area contributed by atoms with Crippen LogP contribution in [0.25, 0.3) is 0 Å². The van der Waals surface area contributed by atoms with Crippen molar-refractivity contribution in [1.82, 2.24) is 0 Å². The third-order valence-corrected chi connectivity index (χ3v) is 1.68. The largest absolute Gasteiger partial charge is 0.328 e. The van der Waals surface area contributed by atoms with Crippen LogP contribution in [-0.2, 0) is 14.2 Å². The summed E-state index contributed by atoms with van der Waals surface area (Å²) in [5.74, 6) is -0.472. The fourth-order valence-corrected chi connectivity index (χ4v) is 1.35. The van der Waals surface area contributed by atoms with Gasteiger partial charge in [-0.2, -0.15) is 0 Å². The minimum atomic E-state index is -0.931. The first-order valence-electron chi connectivity index (χ1n) is 4.72. The molecule has 0 saturated carbocycles. The fraction of sp³-hybridized carbons (Fsp3) is 1.00. The number of ether oxygens (including phenoxy) is 3. The Morgan fingerprint density at radius 2 is 1.31 bits per heavy atom. The second-order valence-corrected chi connectivity index (χ2v) is 2.80. The molecule has 0 fully saturated rings. The molecular formula is C9H19ClO3. The van der Waals surface area contributed by atoms with Gasteiger partial charge in [0.1, 0.15) is 0 Å². The van der Waals surface area contributed by atoms with E-state index in [1.54, 1.807) is 0 Å². The van der Waals surface area contributed by atoms with Crippen molar-refractivity contribution >= 4 is 11.6 Å². The molecule has 0 spiro atoms. The molecule has 0 heterocycles. The lowest BCUT2D eigenvalue weighted by molar-refractivity contribution is -0.377. The molecule has 0 bridgehead atoms. The summed E-state index contributed by atoms with van der Waals surface area (Å²) in [6.07, 6.45) is 0.546. The molecule has 0 aliphatic carbocycles. The van der Waals surface area contributed by atoms with Crippen LogP contribution in [0.3, 0.4) is 0 Å². The van der Waals surface area contributed by atoms with Crippen LogP contribution >= 0.6 is 11.6 Å². The van der Waals surface area contributed by atoms with Crippen molar-refractivity contribution in [3.05, 3.63) is 0 Å². The molecule has 0 N–H and O–H groups in total. The van der Waals surface area contributed by atoms with Gasteiger partial charge in [-0.15, -0.1) is 11.6 Å². The van der Waals surface area contributed by atoms with Crippen molar-refractivity contribution in [1.29, 1.82) is 0 Å². The molecule has 0 radical (unpaired) electrons. The second-order valence-electron chi connectivity index (χ2n) is 2.42. The van der Waals surface area contributed by atoms with Gasteiger partial charge in [0.2, 0.25) is 0 Å². The van der Waals surface area contributed by atoms with Gasteiger partial charge in [0.25, 0.3) is 5.97 Å². The quantitative estimate of drug-likeness (QED) is 0.455. The van der Waals surface area contributed by atoms with Crippen LogP contribution in [0, 0.1) is 0 Å². The van der Waals surface area contributed by atoms with Gasteiger partial charge in [0, 0.05) is 32.1 Å². The van der Waals surface area contributed by atoms with E-state index in [1.165, 1.54) is 0 Å². The van der Waals surface area contributed by atoms with E-state index in [0.717, 1.165) is 0 Å². The van der Waals surface area contributed by atoms with Crippen LogP contribution < -0.4 is 0 Å². The third-order valence-electron chi connectivity index (χ3n) is 1.49. The van der Waals surface area contributed by atoms with E-state index < -0.39 is 5.97 Å². The molecule has 0 saturated heterocycles. The molecule has 0 aromatic carbocycles. The molecule has 0 aromatic rings. The Labute approximate surface area is 85.3 Å². The van der Waals surface area contributed by atoms with Gasteiger partial charge in [-0.25, -0.2) is 0 Å². The molecular weight excluding hydrogens is 192 g/mol. The fourth-order valence-electron chi connectivity index (χ4n) is 1.12. The topological polar surface area (TPSA) is 27.7 Å². The molecule has 0 amide bonds. The lowest BCUT2D eigenvalue weighted by Gasteiger charge is -2.31. The van der Waals surface area contributed by atoms with Gasteiger partial charge in [0.15, 0.2) is 0 Å². The Morgan fingerprint density at radius 3 is 1.54 bits per heavy atom. The highest BCUT2D eigenvalue weighted by atomic mass is 35.5. The van der Waals surface area contributed by atoms with Gasteiger partial charge in [0.05, 0.1) is 0 Å². The van der Waals surface area contributed by atoms with Crippen molar-refractivity contribution in [3.8, 4) is 0 Å². The molecule has 3 nitrogen and oxygen atoms in total. The normalized spacial score (nSPS) is 12.0. The van der Waals surface area contributed by atoms with Gasteiger partial charge < -0.3 is 14.2 Å². The predicted molar refractivity (Wildman–Crippen MR) is 52.9 cm³/mol. The number of alkyl halides is 1. The number of rotatable bonds is 8. The summed E-state index contributed by atoms with van der Waals surface area (Å²) in [6, 6.07) is 0. The molecule has 0 aromatic heterocycles.